The van der Waals surface area contributed by atoms with Gasteiger partial charge in [0.2, 0.25) is 5.95 Å². The second-order valence-corrected chi connectivity index (χ2v) is 6.28. The van der Waals surface area contributed by atoms with E-state index in [1.807, 2.05) is 0 Å². The molecule has 0 amide bonds. The zero-order chi connectivity index (χ0) is 13.4. The monoisotopic (exact) mass is 276 g/mol. The van der Waals surface area contributed by atoms with E-state index in [0.717, 1.165) is 35.6 Å². The molecule has 3 rings (SSSR count). The summed E-state index contributed by atoms with van der Waals surface area (Å²) in [5, 5.41) is 6.52. The van der Waals surface area contributed by atoms with Gasteiger partial charge in [0.05, 0.1) is 5.39 Å². The maximum Gasteiger partial charge on any atom is 0.226 e. The van der Waals surface area contributed by atoms with Gasteiger partial charge in [-0.3, -0.25) is 0 Å². The maximum atomic E-state index is 4.74. The third-order valence-electron chi connectivity index (χ3n) is 3.70. The first-order valence-electron chi connectivity index (χ1n) is 6.94. The van der Waals surface area contributed by atoms with Crippen LogP contribution in [0.2, 0.25) is 0 Å². The van der Waals surface area contributed by atoms with Gasteiger partial charge in [0, 0.05) is 19.1 Å². The summed E-state index contributed by atoms with van der Waals surface area (Å²) in [6.07, 6.45) is 1.24. The minimum absolute atomic E-state index is 0.558. The first-order chi connectivity index (χ1) is 9.19. The first-order valence-corrected chi connectivity index (χ1v) is 7.82. The molecule has 4 nitrogen and oxygen atoms in total. The van der Waals surface area contributed by atoms with E-state index < -0.39 is 0 Å². The van der Waals surface area contributed by atoms with E-state index in [9.17, 15) is 0 Å². The van der Waals surface area contributed by atoms with Crippen LogP contribution in [0.1, 0.15) is 27.2 Å². The molecule has 1 N–H and O–H groups in total. The van der Waals surface area contributed by atoms with Crippen molar-refractivity contribution in [1.29, 1.82) is 0 Å². The Morgan fingerprint density at radius 2 is 2.26 bits per heavy atom. The molecule has 0 saturated carbocycles. The fourth-order valence-corrected chi connectivity index (χ4v) is 3.65. The third-order valence-corrected chi connectivity index (χ3v) is 4.50. The van der Waals surface area contributed by atoms with Gasteiger partial charge in [0.1, 0.15) is 10.6 Å². The van der Waals surface area contributed by atoms with Crippen LogP contribution in [0.3, 0.4) is 0 Å². The number of anilines is 2. The van der Waals surface area contributed by atoms with Gasteiger partial charge in [0.25, 0.3) is 0 Å². The first kappa shape index (κ1) is 12.7. The molecule has 0 aromatic carbocycles. The van der Waals surface area contributed by atoms with Crippen LogP contribution in [0, 0.1) is 5.92 Å². The summed E-state index contributed by atoms with van der Waals surface area (Å²) in [5.41, 5.74) is 0. The van der Waals surface area contributed by atoms with Gasteiger partial charge in [-0.1, -0.05) is 6.92 Å². The molecule has 2 aromatic rings. The maximum absolute atomic E-state index is 4.74. The number of thiophene rings is 1. The van der Waals surface area contributed by atoms with Crippen molar-refractivity contribution in [2.45, 2.75) is 33.2 Å². The molecule has 3 heterocycles. The van der Waals surface area contributed by atoms with E-state index in [4.69, 9.17) is 4.98 Å². The van der Waals surface area contributed by atoms with E-state index in [-0.39, 0.29) is 0 Å². The van der Waals surface area contributed by atoms with Crippen LogP contribution in [0.25, 0.3) is 10.2 Å². The van der Waals surface area contributed by atoms with Crippen molar-refractivity contribution in [2.24, 2.45) is 5.92 Å². The van der Waals surface area contributed by atoms with E-state index in [1.54, 1.807) is 11.3 Å². The van der Waals surface area contributed by atoms with E-state index in [2.05, 4.69) is 47.4 Å². The van der Waals surface area contributed by atoms with Gasteiger partial charge in [-0.25, -0.2) is 4.98 Å². The fraction of sp³-hybridized carbons (Fsp3) is 0.571. The van der Waals surface area contributed by atoms with Crippen LogP contribution in [0.4, 0.5) is 11.8 Å². The Morgan fingerprint density at radius 1 is 1.42 bits per heavy atom. The van der Waals surface area contributed by atoms with E-state index in [1.165, 1.54) is 11.8 Å². The van der Waals surface area contributed by atoms with Crippen molar-refractivity contribution in [3.05, 3.63) is 11.4 Å². The van der Waals surface area contributed by atoms with Gasteiger partial charge in [0.15, 0.2) is 0 Å². The summed E-state index contributed by atoms with van der Waals surface area (Å²) in [5.74, 6) is 2.58. The van der Waals surface area contributed by atoms with Crippen molar-refractivity contribution in [1.82, 2.24) is 9.97 Å². The lowest BCUT2D eigenvalue weighted by Crippen LogP contribution is -2.28. The highest BCUT2D eigenvalue weighted by Gasteiger charge is 2.29. The normalized spacial score (nSPS) is 23.2. The van der Waals surface area contributed by atoms with Gasteiger partial charge in [-0.2, -0.15) is 4.98 Å². The number of nitrogens with one attached hydrogen (secondary N) is 1. The highest BCUT2D eigenvalue weighted by molar-refractivity contribution is 7.16. The Labute approximate surface area is 117 Å². The minimum atomic E-state index is 0.558. The van der Waals surface area contributed by atoms with Crippen LogP contribution in [-0.2, 0) is 0 Å². The Hall–Kier alpha value is -1.36. The van der Waals surface area contributed by atoms with Crippen molar-refractivity contribution < 1.29 is 0 Å². The van der Waals surface area contributed by atoms with Crippen LogP contribution in [0.5, 0.6) is 0 Å². The molecule has 0 radical (unpaired) electrons. The van der Waals surface area contributed by atoms with Gasteiger partial charge in [-0.15, -0.1) is 11.3 Å². The predicted molar refractivity (Wildman–Crippen MR) is 82.2 cm³/mol. The molecule has 1 aliphatic heterocycles. The number of hydrogen-bond donors (Lipinski definition) is 1. The van der Waals surface area contributed by atoms with Crippen molar-refractivity contribution in [3.63, 3.8) is 0 Å². The average molecular weight is 276 g/mol. The smallest absolute Gasteiger partial charge is 0.226 e. The zero-order valence-electron chi connectivity index (χ0n) is 11.7. The number of aromatic nitrogens is 2. The van der Waals surface area contributed by atoms with Crippen LogP contribution in [-0.4, -0.2) is 29.1 Å². The summed E-state index contributed by atoms with van der Waals surface area (Å²) in [6, 6.07) is 2.70. The van der Waals surface area contributed by atoms with Crippen LogP contribution >= 0.6 is 11.3 Å². The molecule has 0 bridgehead atoms. The second kappa shape index (κ2) is 4.96. The van der Waals surface area contributed by atoms with Crippen LogP contribution < -0.4 is 10.2 Å². The van der Waals surface area contributed by atoms with Crippen molar-refractivity contribution >= 4 is 33.3 Å². The highest BCUT2D eigenvalue weighted by Crippen LogP contribution is 2.34. The standard InChI is InChI=1S/C14H20N4S/c1-4-15-14-16-12(11-5-6-19-13(11)17-14)18-8-9(2)7-10(18)3/h5-6,9-10H,4,7-8H2,1-3H3,(H,15,16,17). The molecule has 0 spiro atoms. The molecule has 2 atom stereocenters. The second-order valence-electron chi connectivity index (χ2n) is 5.38. The molecular formula is C14H20N4S. The highest BCUT2D eigenvalue weighted by atomic mass is 32.1. The Kier molecular flexibility index (Phi) is 3.31. The quantitative estimate of drug-likeness (QED) is 0.933. The van der Waals surface area contributed by atoms with Crippen molar-refractivity contribution in [3.8, 4) is 0 Å². The molecular weight excluding hydrogens is 256 g/mol. The average Bonchev–Trinajstić information content (AvgIpc) is 2.95. The number of hydrogen-bond acceptors (Lipinski definition) is 5. The fourth-order valence-electron chi connectivity index (χ4n) is 2.89. The molecule has 0 aliphatic carbocycles. The summed E-state index contributed by atoms with van der Waals surface area (Å²) in [4.78, 5) is 12.8. The number of fused-ring (bicyclic) bond motifs is 1. The summed E-state index contributed by atoms with van der Waals surface area (Å²) in [7, 11) is 0. The summed E-state index contributed by atoms with van der Waals surface area (Å²) < 4.78 is 0. The Bertz CT molecular complexity index is 580. The third kappa shape index (κ3) is 2.27. The van der Waals surface area contributed by atoms with Gasteiger partial charge >= 0.3 is 0 Å². The topological polar surface area (TPSA) is 41.1 Å². The lowest BCUT2D eigenvalue weighted by atomic mass is 10.1. The molecule has 5 heteroatoms. The number of rotatable bonds is 3. The largest absolute Gasteiger partial charge is 0.354 e. The van der Waals surface area contributed by atoms with Gasteiger partial charge < -0.3 is 10.2 Å². The number of nitrogens with zero attached hydrogens (tertiary/aromatic N) is 3. The summed E-state index contributed by atoms with van der Waals surface area (Å²) in [6.45, 7) is 8.61. The lowest BCUT2D eigenvalue weighted by molar-refractivity contribution is 0.625. The SMILES string of the molecule is CCNc1nc(N2CC(C)CC2C)c2ccsc2n1. The molecule has 2 unspecified atom stereocenters. The van der Waals surface area contributed by atoms with E-state index >= 15 is 0 Å². The van der Waals surface area contributed by atoms with Gasteiger partial charge in [-0.05, 0) is 37.6 Å². The van der Waals surface area contributed by atoms with Crippen molar-refractivity contribution in [2.75, 3.05) is 23.3 Å². The zero-order valence-corrected chi connectivity index (χ0v) is 12.5. The Morgan fingerprint density at radius 3 is 2.95 bits per heavy atom. The molecule has 102 valence electrons. The van der Waals surface area contributed by atoms with Crippen LogP contribution in [0.15, 0.2) is 11.4 Å². The molecule has 1 aliphatic rings. The molecule has 2 aromatic heterocycles. The minimum Gasteiger partial charge on any atom is -0.354 e. The molecule has 1 fully saturated rings. The molecule has 19 heavy (non-hydrogen) atoms. The van der Waals surface area contributed by atoms with E-state index in [0.29, 0.717) is 6.04 Å². The lowest BCUT2D eigenvalue weighted by Gasteiger charge is -2.23. The molecule has 1 saturated heterocycles. The summed E-state index contributed by atoms with van der Waals surface area (Å²) >= 11 is 1.68. The Balaban J connectivity index is 2.07. The predicted octanol–water partition coefficient (Wildman–Crippen LogP) is 3.36.